The Morgan fingerprint density at radius 1 is 1.11 bits per heavy atom. The van der Waals surface area contributed by atoms with Crippen LogP contribution in [0.1, 0.15) is 47.6 Å². The molecule has 0 spiro atoms. The number of benzene rings is 1. The zero-order valence-corrected chi connectivity index (χ0v) is 21.0. The summed E-state index contributed by atoms with van der Waals surface area (Å²) in [7, 11) is 3.78. The molecule has 0 aliphatic heterocycles. The van der Waals surface area contributed by atoms with Crippen LogP contribution in [0, 0.1) is 17.0 Å². The van der Waals surface area contributed by atoms with Crippen LogP contribution < -0.4 is 15.5 Å². The molecule has 38 heavy (non-hydrogen) atoms. The quantitative estimate of drug-likeness (QED) is 0.343. The van der Waals surface area contributed by atoms with Crippen molar-refractivity contribution in [2.45, 2.75) is 50.9 Å². The fraction of sp³-hybridized carbons (Fsp3) is 0.417. The van der Waals surface area contributed by atoms with Crippen molar-refractivity contribution >= 4 is 23.2 Å². The number of hydrogen-bond donors (Lipinski definition) is 2. The molecule has 0 radical (unpaired) electrons. The van der Waals surface area contributed by atoms with E-state index in [1.165, 1.54) is 0 Å². The first-order valence-corrected chi connectivity index (χ1v) is 11.9. The molecule has 1 aliphatic rings. The van der Waals surface area contributed by atoms with Crippen LogP contribution in [-0.4, -0.2) is 56.8 Å². The predicted octanol–water partition coefficient (Wildman–Crippen LogP) is 4.12. The molecule has 1 aromatic carbocycles. The normalized spacial score (nSPS) is 17.6. The highest BCUT2D eigenvalue weighted by molar-refractivity contribution is 5.95. The van der Waals surface area contributed by atoms with Gasteiger partial charge in [0.25, 0.3) is 11.6 Å². The SMILES string of the molecule is Cc1nc(NC2CCC(NC(=O)c3cnn(-c4ccc([N+](=O)[O-])cc4)c3C(F)(F)F)CC2)cc(N(C)C)n1. The number of nitrogens with one attached hydrogen (secondary N) is 2. The molecule has 202 valence electrons. The van der Waals surface area contributed by atoms with Gasteiger partial charge in [0.1, 0.15) is 17.5 Å². The molecule has 0 atom stereocenters. The van der Waals surface area contributed by atoms with Gasteiger partial charge in [-0.1, -0.05) is 0 Å². The third kappa shape index (κ3) is 6.01. The number of carbonyl (C=O) groups excluding carboxylic acids is 1. The molecular formula is C24H27F3N8O3. The van der Waals surface area contributed by atoms with Crippen molar-refractivity contribution in [2.24, 2.45) is 0 Å². The average Bonchev–Trinajstić information content (AvgIpc) is 3.31. The number of halogens is 3. The molecule has 2 heterocycles. The Bertz CT molecular complexity index is 1320. The Balaban J connectivity index is 1.43. The molecule has 2 aromatic heterocycles. The number of amides is 1. The second-order valence-electron chi connectivity index (χ2n) is 9.31. The van der Waals surface area contributed by atoms with Crippen LogP contribution >= 0.6 is 0 Å². The average molecular weight is 533 g/mol. The van der Waals surface area contributed by atoms with E-state index in [0.717, 1.165) is 36.3 Å². The maximum absolute atomic E-state index is 14.0. The van der Waals surface area contributed by atoms with Crippen molar-refractivity contribution in [2.75, 3.05) is 24.3 Å². The number of alkyl halides is 3. The number of hydrogen-bond acceptors (Lipinski definition) is 8. The van der Waals surface area contributed by atoms with E-state index in [4.69, 9.17) is 0 Å². The molecule has 0 unspecified atom stereocenters. The summed E-state index contributed by atoms with van der Waals surface area (Å²) in [5.41, 5.74) is -2.17. The lowest BCUT2D eigenvalue weighted by molar-refractivity contribution is -0.384. The van der Waals surface area contributed by atoms with Gasteiger partial charge in [-0.05, 0) is 44.7 Å². The summed E-state index contributed by atoms with van der Waals surface area (Å²) in [5, 5.41) is 20.7. The minimum atomic E-state index is -4.88. The predicted molar refractivity (Wildman–Crippen MR) is 133 cm³/mol. The van der Waals surface area contributed by atoms with Crippen molar-refractivity contribution in [1.29, 1.82) is 0 Å². The molecule has 2 N–H and O–H groups in total. The van der Waals surface area contributed by atoms with Crippen LogP contribution in [0.2, 0.25) is 0 Å². The lowest BCUT2D eigenvalue weighted by Crippen LogP contribution is -2.40. The number of nitro benzene ring substituents is 1. The van der Waals surface area contributed by atoms with E-state index in [-0.39, 0.29) is 23.5 Å². The van der Waals surface area contributed by atoms with E-state index in [1.807, 2.05) is 32.0 Å². The first kappa shape index (κ1) is 26.8. The first-order chi connectivity index (χ1) is 17.9. The molecule has 1 saturated carbocycles. The number of non-ortho nitro benzene ring substituents is 1. The fourth-order valence-corrected chi connectivity index (χ4v) is 4.41. The third-order valence-electron chi connectivity index (χ3n) is 6.28. The second-order valence-corrected chi connectivity index (χ2v) is 9.31. The largest absolute Gasteiger partial charge is 0.434 e. The highest BCUT2D eigenvalue weighted by Crippen LogP contribution is 2.34. The van der Waals surface area contributed by atoms with Gasteiger partial charge in [0.2, 0.25) is 0 Å². The van der Waals surface area contributed by atoms with Gasteiger partial charge in [-0.15, -0.1) is 0 Å². The van der Waals surface area contributed by atoms with Crippen molar-refractivity contribution < 1.29 is 22.9 Å². The summed E-state index contributed by atoms with van der Waals surface area (Å²) < 4.78 is 42.5. The first-order valence-electron chi connectivity index (χ1n) is 11.9. The van der Waals surface area contributed by atoms with Gasteiger partial charge in [-0.25, -0.2) is 14.6 Å². The van der Waals surface area contributed by atoms with Crippen LogP contribution in [0.25, 0.3) is 5.69 Å². The van der Waals surface area contributed by atoms with Crippen molar-refractivity contribution in [3.8, 4) is 5.69 Å². The summed E-state index contributed by atoms with van der Waals surface area (Å²) in [4.78, 5) is 33.8. The summed E-state index contributed by atoms with van der Waals surface area (Å²) >= 11 is 0. The summed E-state index contributed by atoms with van der Waals surface area (Å²) in [5.74, 6) is 1.23. The standard InChI is InChI=1S/C24H27F3N8O3/c1-14-29-20(12-21(30-14)33(2)3)31-15-4-6-16(7-5-15)32-23(36)19-13-28-34(22(19)24(25,26)27)17-8-10-18(11-9-17)35(37)38/h8-13,15-16H,4-7H2,1-3H3,(H,32,36)(H,29,30,31). The zero-order valence-electron chi connectivity index (χ0n) is 21.0. The molecule has 3 aromatic rings. The van der Waals surface area contributed by atoms with Crippen LogP contribution in [0.4, 0.5) is 30.5 Å². The van der Waals surface area contributed by atoms with E-state index in [2.05, 4.69) is 25.7 Å². The van der Waals surface area contributed by atoms with E-state index in [1.54, 1.807) is 0 Å². The van der Waals surface area contributed by atoms with Crippen LogP contribution in [0.3, 0.4) is 0 Å². The van der Waals surface area contributed by atoms with Crippen molar-refractivity contribution in [3.05, 3.63) is 63.7 Å². The lowest BCUT2D eigenvalue weighted by atomic mass is 9.91. The Morgan fingerprint density at radius 3 is 2.32 bits per heavy atom. The second kappa shape index (κ2) is 10.6. The van der Waals surface area contributed by atoms with E-state index in [9.17, 15) is 28.1 Å². The van der Waals surface area contributed by atoms with Gasteiger partial charge in [-0.2, -0.15) is 18.3 Å². The maximum atomic E-state index is 14.0. The van der Waals surface area contributed by atoms with Gasteiger partial charge in [0.15, 0.2) is 5.69 Å². The molecule has 14 heteroatoms. The Labute approximate surface area is 216 Å². The van der Waals surface area contributed by atoms with Gasteiger partial charge in [-0.3, -0.25) is 14.9 Å². The summed E-state index contributed by atoms with van der Waals surface area (Å²) in [6.45, 7) is 1.81. The molecular weight excluding hydrogens is 505 g/mol. The topological polar surface area (TPSA) is 131 Å². The van der Waals surface area contributed by atoms with Crippen molar-refractivity contribution in [1.82, 2.24) is 25.1 Å². The van der Waals surface area contributed by atoms with Crippen molar-refractivity contribution in [3.63, 3.8) is 0 Å². The highest BCUT2D eigenvalue weighted by atomic mass is 19.4. The van der Waals surface area contributed by atoms with Crippen LogP contribution in [0.5, 0.6) is 0 Å². The number of carbonyl (C=O) groups is 1. The third-order valence-corrected chi connectivity index (χ3v) is 6.28. The number of anilines is 2. The number of nitrogens with zero attached hydrogens (tertiary/aromatic N) is 6. The fourth-order valence-electron chi connectivity index (χ4n) is 4.41. The molecule has 1 aliphatic carbocycles. The Morgan fingerprint density at radius 2 is 1.74 bits per heavy atom. The van der Waals surface area contributed by atoms with Crippen LogP contribution in [-0.2, 0) is 6.18 Å². The molecule has 1 amide bonds. The monoisotopic (exact) mass is 532 g/mol. The summed E-state index contributed by atoms with van der Waals surface area (Å²) in [6.07, 6.45) is -1.48. The van der Waals surface area contributed by atoms with E-state index in [0.29, 0.717) is 42.0 Å². The maximum Gasteiger partial charge on any atom is 0.434 e. The highest BCUT2D eigenvalue weighted by Gasteiger charge is 2.41. The molecule has 4 rings (SSSR count). The number of nitro groups is 1. The lowest BCUT2D eigenvalue weighted by Gasteiger charge is -2.30. The number of aromatic nitrogens is 4. The smallest absolute Gasteiger partial charge is 0.367 e. The molecule has 1 fully saturated rings. The Hall–Kier alpha value is -4.23. The van der Waals surface area contributed by atoms with E-state index >= 15 is 0 Å². The van der Waals surface area contributed by atoms with Gasteiger partial charge >= 0.3 is 6.18 Å². The number of rotatable bonds is 7. The zero-order chi connectivity index (χ0) is 27.6. The number of aryl methyl sites for hydroxylation is 1. The van der Waals surface area contributed by atoms with Gasteiger partial charge in [0.05, 0.1) is 22.4 Å². The summed E-state index contributed by atoms with van der Waals surface area (Å²) in [6, 6.07) is 6.11. The van der Waals surface area contributed by atoms with E-state index < -0.39 is 28.3 Å². The molecule has 0 saturated heterocycles. The van der Waals surface area contributed by atoms with Gasteiger partial charge < -0.3 is 15.5 Å². The minimum absolute atomic E-state index is 0.0501. The van der Waals surface area contributed by atoms with Gasteiger partial charge in [0, 0.05) is 44.4 Å². The van der Waals surface area contributed by atoms with Crippen LogP contribution in [0.15, 0.2) is 36.5 Å². The minimum Gasteiger partial charge on any atom is -0.367 e. The Kier molecular flexibility index (Phi) is 7.51. The molecule has 11 nitrogen and oxygen atoms in total. The molecule has 0 bridgehead atoms.